The molecule has 0 saturated carbocycles. The molecule has 1 N–H and O–H groups in total. The summed E-state index contributed by atoms with van der Waals surface area (Å²) in [4.78, 5) is 0. The minimum atomic E-state index is 0.800. The van der Waals surface area contributed by atoms with Crippen molar-refractivity contribution < 1.29 is 0 Å². The van der Waals surface area contributed by atoms with Gasteiger partial charge in [-0.15, -0.1) is 0 Å². The Kier molecular flexibility index (Phi) is 3.05. The number of aromatic nitrogens is 2. The van der Waals surface area contributed by atoms with E-state index >= 15 is 0 Å². The van der Waals surface area contributed by atoms with Crippen molar-refractivity contribution in [1.82, 2.24) is 15.1 Å². The third kappa shape index (κ3) is 2.51. The van der Waals surface area contributed by atoms with Crippen LogP contribution >= 0.6 is 0 Å². The molecule has 0 bridgehead atoms. The van der Waals surface area contributed by atoms with Crippen LogP contribution in [-0.4, -0.2) is 23.4 Å². The van der Waals surface area contributed by atoms with Gasteiger partial charge in [0.15, 0.2) is 0 Å². The average Bonchev–Trinajstić information content (AvgIpc) is 2.36. The second-order valence-corrected chi connectivity index (χ2v) is 3.00. The Bertz CT molecular complexity index is 262. The van der Waals surface area contributed by atoms with Gasteiger partial charge in [0.1, 0.15) is 0 Å². The Morgan fingerprint density at radius 2 is 2.50 bits per heavy atom. The highest BCUT2D eigenvalue weighted by molar-refractivity contribution is 5.03. The van der Waals surface area contributed by atoms with Crippen molar-refractivity contribution in [2.24, 2.45) is 0 Å². The van der Waals surface area contributed by atoms with Crippen LogP contribution in [0, 0.1) is 6.92 Å². The predicted octanol–water partition coefficient (Wildman–Crippen LogP) is 0.967. The lowest BCUT2D eigenvalue weighted by Gasteiger charge is -2.03. The van der Waals surface area contributed by atoms with Crippen LogP contribution in [0.4, 0.5) is 0 Å². The summed E-state index contributed by atoms with van der Waals surface area (Å²) in [5.74, 6) is 0. The molecule has 0 unspecified atom stereocenters. The number of rotatable bonds is 4. The smallest absolute Gasteiger partial charge is 0.0629 e. The van der Waals surface area contributed by atoms with Crippen molar-refractivity contribution in [2.75, 3.05) is 13.6 Å². The quantitative estimate of drug-likeness (QED) is 0.674. The van der Waals surface area contributed by atoms with E-state index in [2.05, 4.69) is 17.0 Å². The molecule has 12 heavy (non-hydrogen) atoms. The van der Waals surface area contributed by atoms with Gasteiger partial charge >= 0.3 is 0 Å². The summed E-state index contributed by atoms with van der Waals surface area (Å²) in [5, 5.41) is 7.22. The van der Waals surface area contributed by atoms with E-state index in [1.165, 1.54) is 5.56 Å². The Balaban J connectivity index is 2.46. The summed E-state index contributed by atoms with van der Waals surface area (Å²) >= 11 is 0. The van der Waals surface area contributed by atoms with Crippen LogP contribution in [0.25, 0.3) is 0 Å². The molecule has 0 atom stereocenters. The van der Waals surface area contributed by atoms with E-state index in [0.717, 1.165) is 18.7 Å². The molecule has 0 aliphatic heterocycles. The molecular weight excluding hydrogens is 150 g/mol. The van der Waals surface area contributed by atoms with E-state index < -0.39 is 0 Å². The fourth-order valence-corrected chi connectivity index (χ4v) is 1.09. The standard InChI is InChI=1S/C9H15N3/c1-8(4-10-3)6-12-7-9(2)5-11-12/h5,7,10H,1,4,6H2,2-3H3. The molecule has 1 heterocycles. The molecule has 0 fully saturated rings. The predicted molar refractivity (Wildman–Crippen MR) is 50.0 cm³/mol. The van der Waals surface area contributed by atoms with Gasteiger partial charge in [0.25, 0.3) is 0 Å². The zero-order chi connectivity index (χ0) is 8.97. The first-order valence-corrected chi connectivity index (χ1v) is 4.02. The number of hydrogen-bond donors (Lipinski definition) is 1. The summed E-state index contributed by atoms with van der Waals surface area (Å²) in [6.07, 6.45) is 3.87. The van der Waals surface area contributed by atoms with Gasteiger partial charge in [-0.1, -0.05) is 6.58 Å². The van der Waals surface area contributed by atoms with Crippen LogP contribution in [0.15, 0.2) is 24.5 Å². The third-order valence-electron chi connectivity index (χ3n) is 1.57. The third-order valence-corrected chi connectivity index (χ3v) is 1.57. The molecule has 0 aliphatic carbocycles. The molecule has 0 amide bonds. The number of aryl methyl sites for hydroxylation is 1. The van der Waals surface area contributed by atoms with E-state index in [1.54, 1.807) is 0 Å². The second kappa shape index (κ2) is 4.07. The largest absolute Gasteiger partial charge is 0.316 e. The molecular formula is C9H15N3. The monoisotopic (exact) mass is 165 g/mol. The Morgan fingerprint density at radius 3 is 3.00 bits per heavy atom. The van der Waals surface area contributed by atoms with Gasteiger partial charge in [-0.2, -0.15) is 5.10 Å². The molecule has 1 aromatic rings. The molecule has 0 radical (unpaired) electrons. The summed E-state index contributed by atoms with van der Waals surface area (Å²) in [6.45, 7) is 7.60. The number of nitrogens with one attached hydrogen (secondary N) is 1. The van der Waals surface area contributed by atoms with Crippen molar-refractivity contribution in [3.05, 3.63) is 30.1 Å². The maximum absolute atomic E-state index is 4.17. The van der Waals surface area contributed by atoms with E-state index in [-0.39, 0.29) is 0 Å². The Labute approximate surface area is 73.1 Å². The fourth-order valence-electron chi connectivity index (χ4n) is 1.09. The summed E-state index contributed by atoms with van der Waals surface area (Å²) in [5.41, 5.74) is 2.33. The molecule has 0 spiro atoms. The zero-order valence-corrected chi connectivity index (χ0v) is 7.67. The molecule has 0 aliphatic rings. The van der Waals surface area contributed by atoms with Gasteiger partial charge in [0.2, 0.25) is 0 Å². The maximum Gasteiger partial charge on any atom is 0.0629 e. The van der Waals surface area contributed by atoms with Gasteiger partial charge in [-0.25, -0.2) is 0 Å². The van der Waals surface area contributed by atoms with E-state index in [0.29, 0.717) is 0 Å². The van der Waals surface area contributed by atoms with Crippen molar-refractivity contribution in [3.63, 3.8) is 0 Å². The lowest BCUT2D eigenvalue weighted by Crippen LogP contribution is -2.13. The number of likely N-dealkylation sites (N-methyl/N-ethyl adjacent to an activating group) is 1. The van der Waals surface area contributed by atoms with Gasteiger partial charge < -0.3 is 5.32 Å². The average molecular weight is 165 g/mol. The summed E-state index contributed by atoms with van der Waals surface area (Å²) in [7, 11) is 1.92. The van der Waals surface area contributed by atoms with Crippen LogP contribution in [0.5, 0.6) is 0 Å². The van der Waals surface area contributed by atoms with Gasteiger partial charge in [0, 0.05) is 12.7 Å². The van der Waals surface area contributed by atoms with E-state index in [9.17, 15) is 0 Å². The Morgan fingerprint density at radius 1 is 1.75 bits per heavy atom. The first kappa shape index (κ1) is 9.00. The van der Waals surface area contributed by atoms with Crippen LogP contribution in [-0.2, 0) is 6.54 Å². The van der Waals surface area contributed by atoms with Gasteiger partial charge in [-0.05, 0) is 25.1 Å². The first-order chi connectivity index (χ1) is 5.72. The Hall–Kier alpha value is -1.09. The van der Waals surface area contributed by atoms with Crippen molar-refractivity contribution >= 4 is 0 Å². The molecule has 0 aromatic carbocycles. The molecule has 3 nitrogen and oxygen atoms in total. The van der Waals surface area contributed by atoms with Gasteiger partial charge in [-0.3, -0.25) is 4.68 Å². The highest BCUT2D eigenvalue weighted by Crippen LogP contribution is 1.98. The van der Waals surface area contributed by atoms with Crippen LogP contribution in [0.2, 0.25) is 0 Å². The summed E-state index contributed by atoms with van der Waals surface area (Å²) < 4.78 is 1.90. The minimum absolute atomic E-state index is 0.800. The lowest BCUT2D eigenvalue weighted by atomic mass is 10.3. The molecule has 1 rings (SSSR count). The zero-order valence-electron chi connectivity index (χ0n) is 7.67. The summed E-state index contributed by atoms with van der Waals surface area (Å²) in [6, 6.07) is 0. The normalized spacial score (nSPS) is 10.2. The van der Waals surface area contributed by atoms with Crippen LogP contribution in [0.3, 0.4) is 0 Å². The van der Waals surface area contributed by atoms with Crippen molar-refractivity contribution in [2.45, 2.75) is 13.5 Å². The number of nitrogens with zero attached hydrogens (tertiary/aromatic N) is 2. The molecule has 66 valence electrons. The van der Waals surface area contributed by atoms with Crippen molar-refractivity contribution in [1.29, 1.82) is 0 Å². The van der Waals surface area contributed by atoms with Crippen LogP contribution < -0.4 is 5.32 Å². The van der Waals surface area contributed by atoms with E-state index in [1.807, 2.05) is 31.0 Å². The van der Waals surface area contributed by atoms with Crippen LogP contribution in [0.1, 0.15) is 5.56 Å². The first-order valence-electron chi connectivity index (χ1n) is 4.02. The van der Waals surface area contributed by atoms with Gasteiger partial charge in [0.05, 0.1) is 12.7 Å². The SMILES string of the molecule is C=C(CNC)Cn1cc(C)cn1. The maximum atomic E-state index is 4.17. The molecule has 3 heteroatoms. The van der Waals surface area contributed by atoms with Crippen molar-refractivity contribution in [3.8, 4) is 0 Å². The minimum Gasteiger partial charge on any atom is -0.316 e. The van der Waals surface area contributed by atoms with E-state index in [4.69, 9.17) is 0 Å². The lowest BCUT2D eigenvalue weighted by molar-refractivity contribution is 0.656. The molecule has 1 aromatic heterocycles. The number of hydrogen-bond acceptors (Lipinski definition) is 2. The topological polar surface area (TPSA) is 29.9 Å². The fraction of sp³-hybridized carbons (Fsp3) is 0.444. The highest BCUT2D eigenvalue weighted by atomic mass is 15.3. The highest BCUT2D eigenvalue weighted by Gasteiger charge is 1.95. The molecule has 0 saturated heterocycles. The second-order valence-electron chi connectivity index (χ2n) is 3.00.